The number of carbonyl (C=O) groups is 1. The summed E-state index contributed by atoms with van der Waals surface area (Å²) >= 11 is 0. The zero-order chi connectivity index (χ0) is 11.3. The van der Waals surface area contributed by atoms with Crippen LogP contribution in [0.1, 0.15) is 20.3 Å². The normalized spacial score (nSPS) is 18.2. The van der Waals surface area contributed by atoms with Gasteiger partial charge >= 0.3 is 0 Å². The molecule has 0 aromatic rings. The van der Waals surface area contributed by atoms with Gasteiger partial charge in [0.25, 0.3) is 0 Å². The summed E-state index contributed by atoms with van der Waals surface area (Å²) in [7, 11) is 0. The second-order valence-corrected chi connectivity index (χ2v) is 4.55. The molecule has 1 fully saturated rings. The number of piperazine rings is 1. The fraction of sp³-hybridized carbons (Fsp3) is 0.750. The van der Waals surface area contributed by atoms with Crippen molar-refractivity contribution in [3.8, 4) is 0 Å². The van der Waals surface area contributed by atoms with E-state index in [-0.39, 0.29) is 5.91 Å². The summed E-state index contributed by atoms with van der Waals surface area (Å²) in [5, 5.41) is 0. The minimum atomic E-state index is 0.0681. The van der Waals surface area contributed by atoms with Gasteiger partial charge < -0.3 is 4.90 Å². The molecule has 1 rings (SSSR count). The molecule has 1 saturated heterocycles. The highest BCUT2D eigenvalue weighted by Crippen LogP contribution is 2.06. The van der Waals surface area contributed by atoms with Crippen molar-refractivity contribution in [2.75, 3.05) is 32.7 Å². The molecular weight excluding hydrogens is 188 g/mol. The highest BCUT2D eigenvalue weighted by molar-refractivity contribution is 5.87. The maximum atomic E-state index is 11.3. The minimum Gasteiger partial charge on any atom is -0.337 e. The number of hydrogen-bond donors (Lipinski definition) is 0. The lowest BCUT2D eigenvalue weighted by Crippen LogP contribution is -2.48. The lowest BCUT2D eigenvalue weighted by molar-refractivity contribution is -0.127. The summed E-state index contributed by atoms with van der Waals surface area (Å²) in [4.78, 5) is 15.6. The van der Waals surface area contributed by atoms with Crippen LogP contribution in [0.3, 0.4) is 0 Å². The van der Waals surface area contributed by atoms with Crippen molar-refractivity contribution in [2.24, 2.45) is 5.92 Å². The van der Waals surface area contributed by atoms with E-state index < -0.39 is 0 Å². The number of rotatable bonds is 4. The Labute approximate surface area is 92.7 Å². The Morgan fingerprint density at radius 2 is 1.93 bits per heavy atom. The van der Waals surface area contributed by atoms with E-state index in [9.17, 15) is 4.79 Å². The molecule has 0 spiro atoms. The quantitative estimate of drug-likeness (QED) is 0.654. The smallest absolute Gasteiger partial charge is 0.246 e. The first-order chi connectivity index (χ1) is 7.13. The summed E-state index contributed by atoms with van der Waals surface area (Å²) in [6, 6.07) is 0. The third-order valence-corrected chi connectivity index (χ3v) is 2.88. The van der Waals surface area contributed by atoms with Gasteiger partial charge in [-0.2, -0.15) is 0 Å². The maximum absolute atomic E-state index is 11.3. The zero-order valence-corrected chi connectivity index (χ0v) is 9.91. The van der Waals surface area contributed by atoms with Crippen molar-refractivity contribution in [1.29, 1.82) is 0 Å². The van der Waals surface area contributed by atoms with Crippen molar-refractivity contribution in [3.05, 3.63) is 12.7 Å². The molecule has 0 aromatic carbocycles. The van der Waals surface area contributed by atoms with E-state index in [1.165, 1.54) is 12.5 Å². The van der Waals surface area contributed by atoms with Crippen LogP contribution in [-0.2, 0) is 4.79 Å². The van der Waals surface area contributed by atoms with Gasteiger partial charge in [-0.3, -0.25) is 9.69 Å². The number of nitrogens with zero attached hydrogens (tertiary/aromatic N) is 2. The Balaban J connectivity index is 2.23. The molecule has 1 amide bonds. The van der Waals surface area contributed by atoms with Gasteiger partial charge in [0, 0.05) is 26.2 Å². The van der Waals surface area contributed by atoms with Crippen LogP contribution in [0.4, 0.5) is 0 Å². The zero-order valence-electron chi connectivity index (χ0n) is 9.91. The fourth-order valence-electron chi connectivity index (χ4n) is 1.76. The van der Waals surface area contributed by atoms with Crippen LogP contribution in [0.5, 0.6) is 0 Å². The minimum absolute atomic E-state index is 0.0681. The molecule has 86 valence electrons. The van der Waals surface area contributed by atoms with Crippen molar-refractivity contribution >= 4 is 5.91 Å². The van der Waals surface area contributed by atoms with Gasteiger partial charge in [-0.15, -0.1) is 0 Å². The maximum Gasteiger partial charge on any atom is 0.246 e. The molecular formula is C12H22N2O. The largest absolute Gasteiger partial charge is 0.337 e. The topological polar surface area (TPSA) is 23.6 Å². The molecule has 15 heavy (non-hydrogen) atoms. The molecule has 0 aliphatic carbocycles. The van der Waals surface area contributed by atoms with E-state index in [1.54, 1.807) is 0 Å². The lowest BCUT2D eigenvalue weighted by atomic mass is 10.1. The average molecular weight is 210 g/mol. The van der Waals surface area contributed by atoms with Crippen LogP contribution >= 0.6 is 0 Å². The number of amides is 1. The summed E-state index contributed by atoms with van der Waals surface area (Å²) in [6.45, 7) is 12.9. The molecule has 0 atom stereocenters. The molecule has 0 saturated carbocycles. The lowest BCUT2D eigenvalue weighted by Gasteiger charge is -2.34. The van der Waals surface area contributed by atoms with E-state index in [2.05, 4.69) is 25.3 Å². The van der Waals surface area contributed by atoms with E-state index in [4.69, 9.17) is 0 Å². The Kier molecular flexibility index (Phi) is 4.82. The van der Waals surface area contributed by atoms with Crippen LogP contribution in [0.2, 0.25) is 0 Å². The molecule has 1 heterocycles. The first kappa shape index (κ1) is 12.2. The van der Waals surface area contributed by atoms with E-state index >= 15 is 0 Å². The van der Waals surface area contributed by atoms with Gasteiger partial charge in [0.2, 0.25) is 5.91 Å². The molecule has 1 aliphatic heterocycles. The summed E-state index contributed by atoms with van der Waals surface area (Å²) in [6.07, 6.45) is 2.65. The van der Waals surface area contributed by atoms with Crippen molar-refractivity contribution in [3.63, 3.8) is 0 Å². The Hall–Kier alpha value is -0.830. The van der Waals surface area contributed by atoms with E-state index in [0.29, 0.717) is 0 Å². The summed E-state index contributed by atoms with van der Waals surface area (Å²) < 4.78 is 0. The van der Waals surface area contributed by atoms with Crippen LogP contribution < -0.4 is 0 Å². The molecule has 0 N–H and O–H groups in total. The highest BCUT2D eigenvalue weighted by atomic mass is 16.2. The van der Waals surface area contributed by atoms with Crippen molar-refractivity contribution in [2.45, 2.75) is 20.3 Å². The number of hydrogen-bond acceptors (Lipinski definition) is 2. The molecule has 0 radical (unpaired) electrons. The third kappa shape index (κ3) is 4.04. The Bertz CT molecular complexity index is 218. The van der Waals surface area contributed by atoms with Gasteiger partial charge in [0.1, 0.15) is 0 Å². The Morgan fingerprint density at radius 1 is 1.33 bits per heavy atom. The summed E-state index contributed by atoms with van der Waals surface area (Å²) in [5.41, 5.74) is 0. The number of carbonyl (C=O) groups excluding carboxylic acids is 1. The molecule has 0 aromatic heterocycles. The predicted octanol–water partition coefficient (Wildman–Crippen LogP) is 1.36. The molecule has 3 heteroatoms. The standard InChI is InChI=1S/C12H22N2O/c1-4-12(15)14-9-7-13(8-10-14)6-5-11(2)3/h4,11H,1,5-10H2,2-3H3. The van der Waals surface area contributed by atoms with Gasteiger partial charge in [-0.05, 0) is 25.0 Å². The average Bonchev–Trinajstić information content (AvgIpc) is 2.26. The highest BCUT2D eigenvalue weighted by Gasteiger charge is 2.18. The van der Waals surface area contributed by atoms with Gasteiger partial charge in [0.15, 0.2) is 0 Å². The first-order valence-corrected chi connectivity index (χ1v) is 5.77. The first-order valence-electron chi connectivity index (χ1n) is 5.77. The van der Waals surface area contributed by atoms with E-state index in [0.717, 1.165) is 38.6 Å². The van der Waals surface area contributed by atoms with Gasteiger partial charge in [-0.25, -0.2) is 0 Å². The molecule has 1 aliphatic rings. The second-order valence-electron chi connectivity index (χ2n) is 4.55. The van der Waals surface area contributed by atoms with E-state index in [1.807, 2.05) is 4.90 Å². The van der Waals surface area contributed by atoms with Crippen molar-refractivity contribution in [1.82, 2.24) is 9.80 Å². The second kappa shape index (κ2) is 5.91. The van der Waals surface area contributed by atoms with Crippen molar-refractivity contribution < 1.29 is 4.79 Å². The molecule has 3 nitrogen and oxygen atoms in total. The van der Waals surface area contributed by atoms with Crippen LogP contribution in [0, 0.1) is 5.92 Å². The summed E-state index contributed by atoms with van der Waals surface area (Å²) in [5.74, 6) is 0.830. The van der Waals surface area contributed by atoms with Crippen LogP contribution in [0.25, 0.3) is 0 Å². The molecule has 0 bridgehead atoms. The van der Waals surface area contributed by atoms with Gasteiger partial charge in [0.05, 0.1) is 0 Å². The SMILES string of the molecule is C=CC(=O)N1CCN(CCC(C)C)CC1. The molecule has 0 unspecified atom stereocenters. The fourth-order valence-corrected chi connectivity index (χ4v) is 1.76. The van der Waals surface area contributed by atoms with Crippen LogP contribution in [0.15, 0.2) is 12.7 Å². The monoisotopic (exact) mass is 210 g/mol. The predicted molar refractivity (Wildman–Crippen MR) is 62.7 cm³/mol. The Morgan fingerprint density at radius 3 is 2.40 bits per heavy atom. The van der Waals surface area contributed by atoms with Crippen LogP contribution in [-0.4, -0.2) is 48.4 Å². The van der Waals surface area contributed by atoms with Gasteiger partial charge in [-0.1, -0.05) is 20.4 Å². The third-order valence-electron chi connectivity index (χ3n) is 2.88.